The van der Waals surface area contributed by atoms with E-state index >= 15 is 0 Å². The number of ether oxygens (including phenoxy) is 2. The van der Waals surface area contributed by atoms with Crippen molar-refractivity contribution in [3.8, 4) is 0 Å². The summed E-state index contributed by atoms with van der Waals surface area (Å²) in [5.74, 6) is 0.874. The van der Waals surface area contributed by atoms with Crippen LogP contribution in [0.25, 0.3) is 0 Å². The normalized spacial score (nSPS) is 24.0. The number of hydrogen-bond acceptors (Lipinski definition) is 3. The summed E-state index contributed by atoms with van der Waals surface area (Å²) in [5, 5.41) is 0. The molecule has 0 unspecified atom stereocenters. The van der Waals surface area contributed by atoms with Crippen LogP contribution in [0.2, 0.25) is 0 Å². The first-order valence-corrected chi connectivity index (χ1v) is 5.12. The Balaban J connectivity index is 1.88. The Morgan fingerprint density at radius 1 is 1.31 bits per heavy atom. The molecule has 3 nitrogen and oxygen atoms in total. The van der Waals surface area contributed by atoms with Crippen molar-refractivity contribution in [3.63, 3.8) is 0 Å². The van der Waals surface area contributed by atoms with Gasteiger partial charge in [0.2, 0.25) is 0 Å². The third kappa shape index (κ3) is 4.60. The van der Waals surface area contributed by atoms with Crippen LogP contribution in [0.4, 0.5) is 0 Å². The van der Waals surface area contributed by atoms with Crippen molar-refractivity contribution in [2.45, 2.75) is 13.3 Å². The maximum Gasteiger partial charge on any atom is 0.0700 e. The van der Waals surface area contributed by atoms with Crippen molar-refractivity contribution in [2.24, 2.45) is 5.92 Å². The maximum absolute atomic E-state index is 5.40. The lowest BCUT2D eigenvalue weighted by molar-refractivity contribution is 0.0600. The molecule has 0 radical (unpaired) electrons. The van der Waals surface area contributed by atoms with Gasteiger partial charge in [-0.2, -0.15) is 0 Å². The lowest BCUT2D eigenvalue weighted by Crippen LogP contribution is -2.25. The summed E-state index contributed by atoms with van der Waals surface area (Å²) >= 11 is 0. The van der Waals surface area contributed by atoms with E-state index in [1.165, 1.54) is 19.5 Å². The van der Waals surface area contributed by atoms with Crippen LogP contribution in [0.3, 0.4) is 0 Å². The highest BCUT2D eigenvalue weighted by Crippen LogP contribution is 2.13. The molecular formula is C10H21NO2. The zero-order valence-corrected chi connectivity index (χ0v) is 8.79. The highest BCUT2D eigenvalue weighted by molar-refractivity contribution is 4.71. The molecule has 0 bridgehead atoms. The van der Waals surface area contributed by atoms with E-state index in [-0.39, 0.29) is 0 Å². The topological polar surface area (TPSA) is 21.7 Å². The third-order valence-electron chi connectivity index (χ3n) is 2.49. The molecule has 0 saturated carbocycles. The van der Waals surface area contributed by atoms with Gasteiger partial charge in [0, 0.05) is 20.2 Å². The van der Waals surface area contributed by atoms with Crippen molar-refractivity contribution in [3.05, 3.63) is 0 Å². The summed E-state index contributed by atoms with van der Waals surface area (Å²) in [4.78, 5) is 2.47. The zero-order valence-electron chi connectivity index (χ0n) is 8.79. The van der Waals surface area contributed by atoms with E-state index in [9.17, 15) is 0 Å². The Hall–Kier alpha value is -0.120. The maximum atomic E-state index is 5.40. The fourth-order valence-electron chi connectivity index (χ4n) is 1.67. The zero-order chi connectivity index (χ0) is 9.52. The molecule has 0 aliphatic carbocycles. The molecule has 0 aromatic rings. The highest BCUT2D eigenvalue weighted by Gasteiger charge is 2.17. The molecule has 1 saturated heterocycles. The molecule has 1 fully saturated rings. The van der Waals surface area contributed by atoms with Crippen LogP contribution in [0, 0.1) is 5.92 Å². The largest absolute Gasteiger partial charge is 0.382 e. The van der Waals surface area contributed by atoms with Crippen molar-refractivity contribution < 1.29 is 9.47 Å². The summed E-state index contributed by atoms with van der Waals surface area (Å²) in [6, 6.07) is 0. The minimum atomic E-state index is 0.705. The second-order valence-corrected chi connectivity index (χ2v) is 3.80. The van der Waals surface area contributed by atoms with Crippen molar-refractivity contribution in [1.82, 2.24) is 4.90 Å². The van der Waals surface area contributed by atoms with Crippen LogP contribution in [0.5, 0.6) is 0 Å². The third-order valence-corrected chi connectivity index (χ3v) is 2.49. The van der Waals surface area contributed by atoms with Gasteiger partial charge < -0.3 is 14.4 Å². The standard InChI is InChI=1S/C10H21NO2/c1-10-3-4-11(9-10)5-6-13-8-7-12-2/h10H,3-9H2,1-2H3/t10-/m0/s1. The van der Waals surface area contributed by atoms with E-state index < -0.39 is 0 Å². The second-order valence-electron chi connectivity index (χ2n) is 3.80. The second kappa shape index (κ2) is 6.35. The Bertz CT molecular complexity index is 130. The van der Waals surface area contributed by atoms with E-state index in [0.717, 1.165) is 25.7 Å². The van der Waals surface area contributed by atoms with Gasteiger partial charge in [0.15, 0.2) is 0 Å². The smallest absolute Gasteiger partial charge is 0.0700 e. The minimum Gasteiger partial charge on any atom is -0.382 e. The van der Waals surface area contributed by atoms with Gasteiger partial charge in [-0.15, -0.1) is 0 Å². The molecule has 1 atom stereocenters. The molecule has 13 heavy (non-hydrogen) atoms. The average molecular weight is 187 g/mol. The van der Waals surface area contributed by atoms with Gasteiger partial charge in [-0.05, 0) is 18.9 Å². The molecule has 1 heterocycles. The first-order chi connectivity index (χ1) is 6.33. The lowest BCUT2D eigenvalue weighted by atomic mass is 10.2. The molecule has 78 valence electrons. The van der Waals surface area contributed by atoms with Crippen LogP contribution >= 0.6 is 0 Å². The fourth-order valence-corrected chi connectivity index (χ4v) is 1.67. The molecule has 0 spiro atoms. The SMILES string of the molecule is COCCOCCN1CC[C@H](C)C1. The number of methoxy groups -OCH3 is 1. The quantitative estimate of drug-likeness (QED) is 0.579. The molecule has 1 aliphatic heterocycles. The van der Waals surface area contributed by atoms with E-state index in [0.29, 0.717) is 6.61 Å². The number of nitrogens with zero attached hydrogens (tertiary/aromatic N) is 1. The summed E-state index contributed by atoms with van der Waals surface area (Å²) in [6.45, 7) is 8.15. The van der Waals surface area contributed by atoms with E-state index in [1.54, 1.807) is 7.11 Å². The minimum absolute atomic E-state index is 0.705. The molecule has 1 rings (SSSR count). The van der Waals surface area contributed by atoms with Crippen molar-refractivity contribution in [2.75, 3.05) is 46.6 Å². The van der Waals surface area contributed by atoms with Gasteiger partial charge in [0.25, 0.3) is 0 Å². The monoisotopic (exact) mass is 187 g/mol. The average Bonchev–Trinajstić information content (AvgIpc) is 2.51. The van der Waals surface area contributed by atoms with Crippen LogP contribution in [-0.2, 0) is 9.47 Å². The molecule has 0 N–H and O–H groups in total. The summed E-state index contributed by atoms with van der Waals surface area (Å²) in [6.07, 6.45) is 1.35. The molecule has 1 aliphatic rings. The van der Waals surface area contributed by atoms with Crippen LogP contribution < -0.4 is 0 Å². The molecule has 0 aromatic heterocycles. The molecule has 3 heteroatoms. The predicted molar refractivity (Wildman–Crippen MR) is 52.9 cm³/mol. The van der Waals surface area contributed by atoms with Gasteiger partial charge in [-0.1, -0.05) is 6.92 Å². The van der Waals surface area contributed by atoms with Gasteiger partial charge in [0.05, 0.1) is 19.8 Å². The number of likely N-dealkylation sites (tertiary alicyclic amines) is 1. The fraction of sp³-hybridized carbons (Fsp3) is 1.00. The van der Waals surface area contributed by atoms with Gasteiger partial charge in [0.1, 0.15) is 0 Å². The van der Waals surface area contributed by atoms with E-state index in [4.69, 9.17) is 9.47 Å². The molecule has 0 amide bonds. The lowest BCUT2D eigenvalue weighted by Gasteiger charge is -2.14. The summed E-state index contributed by atoms with van der Waals surface area (Å²) in [5.41, 5.74) is 0. The summed E-state index contributed by atoms with van der Waals surface area (Å²) < 4.78 is 10.3. The Morgan fingerprint density at radius 2 is 2.15 bits per heavy atom. The van der Waals surface area contributed by atoms with Gasteiger partial charge in [-0.25, -0.2) is 0 Å². The van der Waals surface area contributed by atoms with Crippen LogP contribution in [0.1, 0.15) is 13.3 Å². The predicted octanol–water partition coefficient (Wildman–Crippen LogP) is 0.991. The Morgan fingerprint density at radius 3 is 2.77 bits per heavy atom. The van der Waals surface area contributed by atoms with Crippen molar-refractivity contribution >= 4 is 0 Å². The summed E-state index contributed by atoms with van der Waals surface area (Å²) in [7, 11) is 1.70. The van der Waals surface area contributed by atoms with Gasteiger partial charge in [-0.3, -0.25) is 0 Å². The number of hydrogen-bond donors (Lipinski definition) is 0. The Kier molecular flexibility index (Phi) is 5.35. The van der Waals surface area contributed by atoms with Crippen molar-refractivity contribution in [1.29, 1.82) is 0 Å². The van der Waals surface area contributed by atoms with E-state index in [1.807, 2.05) is 0 Å². The molecular weight excluding hydrogens is 166 g/mol. The van der Waals surface area contributed by atoms with E-state index in [2.05, 4.69) is 11.8 Å². The highest BCUT2D eigenvalue weighted by atomic mass is 16.5. The Labute approximate surface area is 81.0 Å². The van der Waals surface area contributed by atoms with Crippen LogP contribution in [-0.4, -0.2) is 51.5 Å². The van der Waals surface area contributed by atoms with Crippen LogP contribution in [0.15, 0.2) is 0 Å². The number of rotatable bonds is 6. The van der Waals surface area contributed by atoms with Gasteiger partial charge >= 0.3 is 0 Å². The first kappa shape index (κ1) is 11.0. The molecule has 0 aromatic carbocycles. The first-order valence-electron chi connectivity index (χ1n) is 5.12.